The minimum Gasteiger partial charge on any atom is -0.492 e. The normalized spacial score (nSPS) is 21.2. The first-order valence-corrected chi connectivity index (χ1v) is 9.92. The summed E-state index contributed by atoms with van der Waals surface area (Å²) in [5.74, 6) is -0.675. The first-order valence-electron chi connectivity index (χ1n) is 9.92. The molecule has 0 aromatic heterocycles. The van der Waals surface area contributed by atoms with E-state index in [9.17, 15) is 8.78 Å². The maximum atomic E-state index is 13.2. The lowest BCUT2D eigenvalue weighted by atomic mass is 10.1. The number of hydrogen-bond acceptors (Lipinski definition) is 4. The first kappa shape index (κ1) is 20.8. The molecule has 0 bridgehead atoms. The molecule has 1 unspecified atom stereocenters. The molecule has 2 heterocycles. The summed E-state index contributed by atoms with van der Waals surface area (Å²) in [5, 5.41) is 3.25. The van der Waals surface area contributed by atoms with Crippen LogP contribution in [0.2, 0.25) is 0 Å². The molecule has 0 spiro atoms. The van der Waals surface area contributed by atoms with Gasteiger partial charge in [0.1, 0.15) is 12.4 Å². The molecule has 2 fully saturated rings. The zero-order valence-electron chi connectivity index (χ0n) is 16.3. The van der Waals surface area contributed by atoms with Crippen LogP contribution in [0.5, 0.6) is 5.75 Å². The number of hydrogen-bond donors (Lipinski definition) is 1. The van der Waals surface area contributed by atoms with Crippen molar-refractivity contribution in [3.8, 4) is 5.75 Å². The molecular weight excluding hydrogens is 368 g/mol. The van der Waals surface area contributed by atoms with Gasteiger partial charge in [-0.1, -0.05) is 0 Å². The van der Waals surface area contributed by atoms with Crippen LogP contribution in [0.4, 0.5) is 8.78 Å². The number of piperidine rings is 1. The van der Waals surface area contributed by atoms with Crippen LogP contribution in [0.15, 0.2) is 23.2 Å². The number of ether oxygens (including phenoxy) is 3. The van der Waals surface area contributed by atoms with Gasteiger partial charge >= 0.3 is 0 Å². The van der Waals surface area contributed by atoms with Crippen molar-refractivity contribution in [2.75, 3.05) is 46.5 Å². The van der Waals surface area contributed by atoms with Crippen molar-refractivity contribution in [2.45, 2.75) is 37.9 Å². The van der Waals surface area contributed by atoms with Gasteiger partial charge < -0.3 is 24.4 Å². The number of halogens is 2. The topological polar surface area (TPSA) is 55.3 Å². The summed E-state index contributed by atoms with van der Waals surface area (Å²) >= 11 is 0. The van der Waals surface area contributed by atoms with Crippen molar-refractivity contribution in [1.82, 2.24) is 10.2 Å². The Labute approximate surface area is 164 Å². The molecule has 0 aliphatic carbocycles. The second-order valence-corrected chi connectivity index (χ2v) is 7.05. The summed E-state index contributed by atoms with van der Waals surface area (Å²) in [5.41, 5.74) is 0. The van der Waals surface area contributed by atoms with E-state index in [2.05, 4.69) is 15.2 Å². The predicted octanol–water partition coefficient (Wildman–Crippen LogP) is 2.58. The van der Waals surface area contributed by atoms with E-state index in [1.165, 1.54) is 6.07 Å². The number of rotatable bonds is 7. The van der Waals surface area contributed by atoms with E-state index in [0.29, 0.717) is 25.5 Å². The van der Waals surface area contributed by atoms with Gasteiger partial charge in [0.2, 0.25) is 0 Å². The van der Waals surface area contributed by atoms with Crippen molar-refractivity contribution in [3.05, 3.63) is 29.8 Å². The SMILES string of the molecule is CN=C(NCCOc1ccc(F)c(F)c1)N1CCC(OCC2CCCO2)CC1. The zero-order chi connectivity index (χ0) is 19.8. The minimum absolute atomic E-state index is 0.266. The molecule has 1 aromatic carbocycles. The van der Waals surface area contributed by atoms with Gasteiger partial charge in [-0.05, 0) is 37.8 Å². The fraction of sp³-hybridized carbons (Fsp3) is 0.650. The molecule has 1 N–H and O–H groups in total. The molecule has 28 heavy (non-hydrogen) atoms. The van der Waals surface area contributed by atoms with Crippen molar-refractivity contribution >= 4 is 5.96 Å². The van der Waals surface area contributed by atoms with Crippen LogP contribution >= 0.6 is 0 Å². The molecule has 1 atom stereocenters. The third kappa shape index (κ3) is 6.04. The molecule has 156 valence electrons. The van der Waals surface area contributed by atoms with Gasteiger partial charge in [-0.3, -0.25) is 4.99 Å². The zero-order valence-corrected chi connectivity index (χ0v) is 16.3. The maximum Gasteiger partial charge on any atom is 0.193 e. The van der Waals surface area contributed by atoms with Crippen LogP contribution in [-0.4, -0.2) is 69.6 Å². The highest BCUT2D eigenvalue weighted by atomic mass is 19.2. The minimum atomic E-state index is -0.911. The molecule has 3 rings (SSSR count). The molecule has 0 saturated carbocycles. The summed E-state index contributed by atoms with van der Waals surface area (Å²) in [6, 6.07) is 3.52. The number of guanidine groups is 1. The Balaban J connectivity index is 1.33. The summed E-state index contributed by atoms with van der Waals surface area (Å²) in [7, 11) is 1.75. The van der Waals surface area contributed by atoms with Crippen LogP contribution in [0.1, 0.15) is 25.7 Å². The number of benzene rings is 1. The van der Waals surface area contributed by atoms with Crippen LogP contribution in [-0.2, 0) is 9.47 Å². The van der Waals surface area contributed by atoms with Crippen LogP contribution < -0.4 is 10.1 Å². The van der Waals surface area contributed by atoms with E-state index in [4.69, 9.17) is 14.2 Å². The lowest BCUT2D eigenvalue weighted by molar-refractivity contribution is -0.0367. The van der Waals surface area contributed by atoms with Gasteiger partial charge in [-0.15, -0.1) is 0 Å². The van der Waals surface area contributed by atoms with Crippen LogP contribution in [0.25, 0.3) is 0 Å². The lowest BCUT2D eigenvalue weighted by Crippen LogP contribution is -2.48. The standard InChI is InChI=1S/C20H29F2N3O3/c1-23-20(24-8-12-27-16-4-5-18(21)19(22)13-16)25-9-6-15(7-10-25)28-14-17-3-2-11-26-17/h4-5,13,15,17H,2-3,6-12,14H2,1H3,(H,23,24). The summed E-state index contributed by atoms with van der Waals surface area (Å²) in [6.07, 6.45) is 4.69. The van der Waals surface area contributed by atoms with Gasteiger partial charge in [0, 0.05) is 32.8 Å². The Morgan fingerprint density at radius 2 is 2.07 bits per heavy atom. The predicted molar refractivity (Wildman–Crippen MR) is 103 cm³/mol. The molecule has 6 nitrogen and oxygen atoms in total. The molecule has 0 amide bonds. The van der Waals surface area contributed by atoms with E-state index in [1.54, 1.807) is 7.05 Å². The van der Waals surface area contributed by atoms with Crippen molar-refractivity contribution < 1.29 is 23.0 Å². The van der Waals surface area contributed by atoms with Gasteiger partial charge in [0.25, 0.3) is 0 Å². The second kappa shape index (κ2) is 10.6. The highest BCUT2D eigenvalue weighted by Gasteiger charge is 2.24. The lowest BCUT2D eigenvalue weighted by Gasteiger charge is -2.34. The van der Waals surface area contributed by atoms with Gasteiger partial charge in [0.15, 0.2) is 17.6 Å². The summed E-state index contributed by atoms with van der Waals surface area (Å²) in [6.45, 7) is 4.14. The molecular formula is C20H29F2N3O3. The number of likely N-dealkylation sites (tertiary alicyclic amines) is 1. The van der Waals surface area contributed by atoms with Crippen molar-refractivity contribution in [3.63, 3.8) is 0 Å². The van der Waals surface area contributed by atoms with E-state index in [-0.39, 0.29) is 12.2 Å². The fourth-order valence-electron chi connectivity index (χ4n) is 3.48. The molecule has 2 aliphatic rings. The third-order valence-corrected chi connectivity index (χ3v) is 5.04. The van der Waals surface area contributed by atoms with Crippen LogP contribution in [0.3, 0.4) is 0 Å². The monoisotopic (exact) mass is 397 g/mol. The molecule has 2 aliphatic heterocycles. The molecule has 8 heteroatoms. The molecule has 2 saturated heterocycles. The fourth-order valence-corrected chi connectivity index (χ4v) is 3.48. The Hall–Kier alpha value is -1.93. The number of aliphatic imine (C=N–C) groups is 1. The first-order chi connectivity index (χ1) is 13.7. The Kier molecular flexibility index (Phi) is 7.85. The maximum absolute atomic E-state index is 13.2. The quantitative estimate of drug-likeness (QED) is 0.435. The van der Waals surface area contributed by atoms with Gasteiger partial charge in [0.05, 0.1) is 25.4 Å². The largest absolute Gasteiger partial charge is 0.492 e. The van der Waals surface area contributed by atoms with E-state index < -0.39 is 11.6 Å². The smallest absolute Gasteiger partial charge is 0.193 e. The Morgan fingerprint density at radius 3 is 2.75 bits per heavy atom. The van der Waals surface area contributed by atoms with E-state index >= 15 is 0 Å². The Morgan fingerprint density at radius 1 is 1.25 bits per heavy atom. The number of nitrogens with zero attached hydrogens (tertiary/aromatic N) is 2. The van der Waals surface area contributed by atoms with Gasteiger partial charge in [-0.2, -0.15) is 0 Å². The highest BCUT2D eigenvalue weighted by molar-refractivity contribution is 5.79. The second-order valence-electron chi connectivity index (χ2n) is 7.05. The number of nitrogens with one attached hydrogen (secondary N) is 1. The van der Waals surface area contributed by atoms with Crippen molar-refractivity contribution in [1.29, 1.82) is 0 Å². The highest BCUT2D eigenvalue weighted by Crippen LogP contribution is 2.18. The Bertz CT molecular complexity index is 646. The summed E-state index contributed by atoms with van der Waals surface area (Å²) in [4.78, 5) is 6.52. The van der Waals surface area contributed by atoms with E-state index in [0.717, 1.165) is 63.5 Å². The molecule has 1 aromatic rings. The van der Waals surface area contributed by atoms with Crippen LogP contribution in [0, 0.1) is 11.6 Å². The summed E-state index contributed by atoms with van der Waals surface area (Å²) < 4.78 is 43.2. The molecule has 0 radical (unpaired) electrons. The van der Waals surface area contributed by atoms with Gasteiger partial charge in [-0.25, -0.2) is 8.78 Å². The van der Waals surface area contributed by atoms with Crippen molar-refractivity contribution in [2.24, 2.45) is 4.99 Å². The third-order valence-electron chi connectivity index (χ3n) is 5.04. The van der Waals surface area contributed by atoms with E-state index in [1.807, 2.05) is 0 Å². The average molecular weight is 397 g/mol. The average Bonchev–Trinajstić information content (AvgIpc) is 3.23.